The molecule has 0 amide bonds. The van der Waals surface area contributed by atoms with Gasteiger partial charge in [-0.15, -0.1) is 11.8 Å². The van der Waals surface area contributed by atoms with Crippen LogP contribution in [0.2, 0.25) is 0 Å². The number of rotatable bonds is 8. The van der Waals surface area contributed by atoms with E-state index in [1.165, 1.54) is 6.07 Å². The Morgan fingerprint density at radius 1 is 1.29 bits per heavy atom. The molecule has 1 N–H and O–H groups in total. The highest BCUT2D eigenvalue weighted by molar-refractivity contribution is 7.99. The van der Waals surface area contributed by atoms with Crippen LogP contribution >= 0.6 is 11.8 Å². The third kappa shape index (κ3) is 7.36. The summed E-state index contributed by atoms with van der Waals surface area (Å²) >= 11 is 1.69. The molecule has 0 bridgehead atoms. The molecule has 2 nitrogen and oxygen atoms in total. The van der Waals surface area contributed by atoms with Crippen molar-refractivity contribution in [2.75, 3.05) is 39.5 Å². The van der Waals surface area contributed by atoms with E-state index >= 15 is 0 Å². The summed E-state index contributed by atoms with van der Waals surface area (Å²) in [6, 6.07) is 6.75. The van der Waals surface area contributed by atoms with Gasteiger partial charge in [-0.05, 0) is 51.8 Å². The normalized spacial score (nSPS) is 11.1. The highest BCUT2D eigenvalue weighted by atomic mass is 32.2. The van der Waals surface area contributed by atoms with E-state index in [0.29, 0.717) is 0 Å². The van der Waals surface area contributed by atoms with Gasteiger partial charge in [0.05, 0.1) is 0 Å². The van der Waals surface area contributed by atoms with Gasteiger partial charge in [0.15, 0.2) is 0 Å². The first-order chi connectivity index (χ1) is 8.18. The Morgan fingerprint density at radius 2 is 2.12 bits per heavy atom. The van der Waals surface area contributed by atoms with Gasteiger partial charge in [-0.1, -0.05) is 6.07 Å². The Labute approximate surface area is 108 Å². The molecule has 0 spiro atoms. The molecule has 0 aliphatic heterocycles. The molecule has 96 valence electrons. The van der Waals surface area contributed by atoms with Crippen LogP contribution < -0.4 is 5.32 Å². The van der Waals surface area contributed by atoms with Gasteiger partial charge < -0.3 is 10.2 Å². The van der Waals surface area contributed by atoms with Gasteiger partial charge >= 0.3 is 0 Å². The maximum Gasteiger partial charge on any atom is 0.124 e. The van der Waals surface area contributed by atoms with Crippen LogP contribution in [-0.2, 0) is 0 Å². The maximum absolute atomic E-state index is 12.9. The highest BCUT2D eigenvalue weighted by Crippen LogP contribution is 2.17. The largest absolute Gasteiger partial charge is 0.316 e. The molecule has 17 heavy (non-hydrogen) atoms. The molecule has 0 aliphatic rings. The van der Waals surface area contributed by atoms with Crippen LogP contribution in [0.3, 0.4) is 0 Å². The molecular weight excluding hydrogens is 235 g/mol. The number of halogens is 1. The molecule has 1 rings (SSSR count). The predicted octanol–water partition coefficient (Wildman–Crippen LogP) is 2.46. The lowest BCUT2D eigenvalue weighted by atomic mass is 10.4. The molecule has 0 unspecified atom stereocenters. The Hall–Kier alpha value is -0.580. The zero-order valence-electron chi connectivity index (χ0n) is 10.6. The summed E-state index contributed by atoms with van der Waals surface area (Å²) in [5, 5.41) is 3.38. The minimum Gasteiger partial charge on any atom is -0.316 e. The Bertz CT molecular complexity index is 318. The summed E-state index contributed by atoms with van der Waals surface area (Å²) in [6.07, 6.45) is 1.16. The van der Waals surface area contributed by atoms with Crippen LogP contribution in [0, 0.1) is 5.82 Å². The molecule has 0 saturated carbocycles. The van der Waals surface area contributed by atoms with Crippen LogP contribution in [0.5, 0.6) is 0 Å². The fourth-order valence-corrected chi connectivity index (χ4v) is 2.30. The number of nitrogens with one attached hydrogen (secondary N) is 1. The summed E-state index contributed by atoms with van der Waals surface area (Å²) in [7, 11) is 4.17. The van der Waals surface area contributed by atoms with E-state index in [1.54, 1.807) is 23.9 Å². The molecule has 1 aromatic rings. The van der Waals surface area contributed by atoms with Gasteiger partial charge in [0.2, 0.25) is 0 Å². The predicted molar refractivity (Wildman–Crippen MR) is 73.2 cm³/mol. The van der Waals surface area contributed by atoms with Gasteiger partial charge in [-0.3, -0.25) is 0 Å². The Kier molecular flexibility index (Phi) is 7.24. The van der Waals surface area contributed by atoms with Crippen molar-refractivity contribution >= 4 is 11.8 Å². The average molecular weight is 256 g/mol. The number of benzene rings is 1. The second-order valence-electron chi connectivity index (χ2n) is 4.21. The third-order valence-corrected chi connectivity index (χ3v) is 3.30. The lowest BCUT2D eigenvalue weighted by Gasteiger charge is -2.09. The van der Waals surface area contributed by atoms with Crippen LogP contribution in [0.1, 0.15) is 6.42 Å². The second kappa shape index (κ2) is 8.50. The quantitative estimate of drug-likeness (QED) is 0.568. The molecule has 0 aromatic heterocycles. The van der Waals surface area contributed by atoms with Crippen LogP contribution in [0.15, 0.2) is 29.2 Å². The molecule has 0 heterocycles. The van der Waals surface area contributed by atoms with Crippen molar-refractivity contribution in [1.29, 1.82) is 0 Å². The standard InChI is InChI=1S/C13H21FN2S/c1-16(2)9-4-7-15-8-10-17-13-6-3-5-12(14)11-13/h3,5-6,11,15H,4,7-10H2,1-2H3. The SMILES string of the molecule is CN(C)CCCNCCSc1cccc(F)c1. The molecule has 4 heteroatoms. The van der Waals surface area contributed by atoms with Crippen molar-refractivity contribution < 1.29 is 4.39 Å². The first kappa shape index (κ1) is 14.5. The summed E-state index contributed by atoms with van der Waals surface area (Å²) in [4.78, 5) is 3.18. The first-order valence-electron chi connectivity index (χ1n) is 5.92. The summed E-state index contributed by atoms with van der Waals surface area (Å²) < 4.78 is 12.9. The van der Waals surface area contributed by atoms with E-state index in [-0.39, 0.29) is 5.82 Å². The highest BCUT2D eigenvalue weighted by Gasteiger charge is 1.96. The number of nitrogens with zero attached hydrogens (tertiary/aromatic N) is 1. The van der Waals surface area contributed by atoms with E-state index in [1.807, 2.05) is 6.07 Å². The van der Waals surface area contributed by atoms with Gasteiger partial charge in [-0.25, -0.2) is 4.39 Å². The number of hydrogen-bond acceptors (Lipinski definition) is 3. The van der Waals surface area contributed by atoms with E-state index in [0.717, 1.165) is 36.7 Å². The Morgan fingerprint density at radius 3 is 2.82 bits per heavy atom. The molecular formula is C13H21FN2S. The zero-order valence-corrected chi connectivity index (χ0v) is 11.4. The van der Waals surface area contributed by atoms with E-state index < -0.39 is 0 Å². The number of thioether (sulfide) groups is 1. The lowest BCUT2D eigenvalue weighted by Crippen LogP contribution is -2.23. The minimum atomic E-state index is -0.158. The summed E-state index contributed by atoms with van der Waals surface area (Å²) in [6.45, 7) is 3.13. The van der Waals surface area contributed by atoms with E-state index in [4.69, 9.17) is 0 Å². The van der Waals surface area contributed by atoms with Crippen molar-refractivity contribution in [3.63, 3.8) is 0 Å². The van der Waals surface area contributed by atoms with Gasteiger partial charge in [0, 0.05) is 17.2 Å². The van der Waals surface area contributed by atoms with Crippen LogP contribution in [0.25, 0.3) is 0 Å². The van der Waals surface area contributed by atoms with Crippen molar-refractivity contribution in [3.8, 4) is 0 Å². The molecule has 0 aliphatic carbocycles. The monoisotopic (exact) mass is 256 g/mol. The fourth-order valence-electron chi connectivity index (χ4n) is 1.44. The molecule has 1 aromatic carbocycles. The zero-order chi connectivity index (χ0) is 12.5. The number of hydrogen-bond donors (Lipinski definition) is 1. The first-order valence-corrected chi connectivity index (χ1v) is 6.91. The van der Waals surface area contributed by atoms with Crippen molar-refractivity contribution in [1.82, 2.24) is 10.2 Å². The minimum absolute atomic E-state index is 0.158. The van der Waals surface area contributed by atoms with Gasteiger partial charge in [0.25, 0.3) is 0 Å². The molecule has 0 fully saturated rings. The maximum atomic E-state index is 12.9. The van der Waals surface area contributed by atoms with Gasteiger partial charge in [-0.2, -0.15) is 0 Å². The molecule has 0 atom stereocenters. The third-order valence-electron chi connectivity index (χ3n) is 2.30. The van der Waals surface area contributed by atoms with Gasteiger partial charge in [0.1, 0.15) is 5.82 Å². The topological polar surface area (TPSA) is 15.3 Å². The van der Waals surface area contributed by atoms with E-state index in [2.05, 4.69) is 24.3 Å². The lowest BCUT2D eigenvalue weighted by molar-refractivity contribution is 0.396. The molecule has 0 saturated heterocycles. The van der Waals surface area contributed by atoms with E-state index in [9.17, 15) is 4.39 Å². The van der Waals surface area contributed by atoms with Crippen molar-refractivity contribution in [2.24, 2.45) is 0 Å². The smallest absolute Gasteiger partial charge is 0.124 e. The fraction of sp³-hybridized carbons (Fsp3) is 0.538. The van der Waals surface area contributed by atoms with Crippen molar-refractivity contribution in [2.45, 2.75) is 11.3 Å². The van der Waals surface area contributed by atoms with Crippen LogP contribution in [-0.4, -0.2) is 44.4 Å². The Balaban J connectivity index is 2.01. The molecule has 0 radical (unpaired) electrons. The summed E-state index contributed by atoms with van der Waals surface area (Å²) in [5.74, 6) is 0.819. The summed E-state index contributed by atoms with van der Waals surface area (Å²) in [5.41, 5.74) is 0. The van der Waals surface area contributed by atoms with Crippen molar-refractivity contribution in [3.05, 3.63) is 30.1 Å². The van der Waals surface area contributed by atoms with Crippen LogP contribution in [0.4, 0.5) is 4.39 Å². The average Bonchev–Trinajstić information content (AvgIpc) is 2.27. The second-order valence-corrected chi connectivity index (χ2v) is 5.38.